The van der Waals surface area contributed by atoms with Crippen LogP contribution in [0.25, 0.3) is 0 Å². The lowest BCUT2D eigenvalue weighted by atomic mass is 10.1. The van der Waals surface area contributed by atoms with Gasteiger partial charge in [0.05, 0.1) is 0 Å². The third kappa shape index (κ3) is 5.47. The highest BCUT2D eigenvalue weighted by atomic mass is 16.2. The molecule has 0 aliphatic heterocycles. The van der Waals surface area contributed by atoms with Crippen LogP contribution in [0.15, 0.2) is 48.5 Å². The van der Waals surface area contributed by atoms with Crippen molar-refractivity contribution in [1.29, 1.82) is 0 Å². The van der Waals surface area contributed by atoms with E-state index in [-0.39, 0.29) is 11.9 Å². The summed E-state index contributed by atoms with van der Waals surface area (Å²) in [7, 11) is 1.55. The second-order valence-electron chi connectivity index (χ2n) is 5.32. The van der Waals surface area contributed by atoms with Crippen LogP contribution < -0.4 is 16.0 Å². The van der Waals surface area contributed by atoms with Crippen molar-refractivity contribution >= 4 is 23.3 Å². The standard InChI is InChI=1S/C18H21N3O2/c1-13-4-3-5-14(12-13)6-11-17(22)20-15-7-9-16(10-8-15)21-18(23)19-2/h3-5,7-10,12H,6,11H2,1-2H3,(H,20,22)(H2,19,21,23). The van der Waals surface area contributed by atoms with E-state index in [1.165, 1.54) is 5.56 Å². The highest BCUT2D eigenvalue weighted by Crippen LogP contribution is 2.14. The highest BCUT2D eigenvalue weighted by molar-refractivity contribution is 5.92. The smallest absolute Gasteiger partial charge is 0.318 e. The Kier molecular flexibility index (Phi) is 5.74. The summed E-state index contributed by atoms with van der Waals surface area (Å²) in [5.41, 5.74) is 3.73. The van der Waals surface area contributed by atoms with Gasteiger partial charge in [0.25, 0.3) is 0 Å². The lowest BCUT2D eigenvalue weighted by Gasteiger charge is -2.08. The summed E-state index contributed by atoms with van der Waals surface area (Å²) in [5, 5.41) is 7.99. The van der Waals surface area contributed by atoms with Gasteiger partial charge in [-0.05, 0) is 43.2 Å². The molecule has 5 heteroatoms. The van der Waals surface area contributed by atoms with Gasteiger partial charge in [-0.2, -0.15) is 0 Å². The van der Waals surface area contributed by atoms with Gasteiger partial charge in [-0.25, -0.2) is 4.79 Å². The minimum Gasteiger partial charge on any atom is -0.341 e. The number of rotatable bonds is 5. The summed E-state index contributed by atoms with van der Waals surface area (Å²) in [6, 6.07) is 14.9. The number of amides is 3. The van der Waals surface area contributed by atoms with Crippen molar-refractivity contribution in [2.24, 2.45) is 0 Å². The number of urea groups is 1. The summed E-state index contributed by atoms with van der Waals surface area (Å²) < 4.78 is 0. The third-order valence-electron chi connectivity index (χ3n) is 3.38. The van der Waals surface area contributed by atoms with E-state index in [0.29, 0.717) is 24.2 Å². The Hall–Kier alpha value is -2.82. The molecule has 2 aromatic rings. The number of hydrogen-bond donors (Lipinski definition) is 3. The summed E-state index contributed by atoms with van der Waals surface area (Å²) >= 11 is 0. The minimum atomic E-state index is -0.278. The Morgan fingerprint density at radius 1 is 0.957 bits per heavy atom. The first kappa shape index (κ1) is 16.5. The number of anilines is 2. The number of nitrogens with one attached hydrogen (secondary N) is 3. The average molecular weight is 311 g/mol. The van der Waals surface area contributed by atoms with Crippen LogP contribution in [-0.4, -0.2) is 19.0 Å². The molecule has 120 valence electrons. The number of aryl methyl sites for hydroxylation is 2. The third-order valence-corrected chi connectivity index (χ3v) is 3.38. The van der Waals surface area contributed by atoms with Gasteiger partial charge in [0.1, 0.15) is 0 Å². The first-order chi connectivity index (χ1) is 11.1. The zero-order valence-electron chi connectivity index (χ0n) is 13.3. The maximum absolute atomic E-state index is 12.0. The van der Waals surface area contributed by atoms with Gasteiger partial charge in [0.2, 0.25) is 5.91 Å². The van der Waals surface area contributed by atoms with Gasteiger partial charge in [0.15, 0.2) is 0 Å². The Labute approximate surface area is 136 Å². The van der Waals surface area contributed by atoms with Crippen molar-refractivity contribution in [1.82, 2.24) is 5.32 Å². The molecule has 0 spiro atoms. The van der Waals surface area contributed by atoms with Crippen LogP contribution in [0.3, 0.4) is 0 Å². The van der Waals surface area contributed by atoms with Crippen LogP contribution in [0.5, 0.6) is 0 Å². The molecule has 0 heterocycles. The molecule has 0 atom stereocenters. The highest BCUT2D eigenvalue weighted by Gasteiger charge is 2.04. The van der Waals surface area contributed by atoms with E-state index >= 15 is 0 Å². The molecule has 0 radical (unpaired) electrons. The number of carbonyl (C=O) groups excluding carboxylic acids is 2. The van der Waals surface area contributed by atoms with Crippen LogP contribution in [0, 0.1) is 6.92 Å². The molecular formula is C18H21N3O2. The normalized spacial score (nSPS) is 10.0. The molecule has 3 amide bonds. The summed E-state index contributed by atoms with van der Waals surface area (Å²) in [5.74, 6) is -0.0292. The van der Waals surface area contributed by atoms with Crippen LogP contribution in [0.4, 0.5) is 16.2 Å². The topological polar surface area (TPSA) is 70.2 Å². The van der Waals surface area contributed by atoms with E-state index in [9.17, 15) is 9.59 Å². The maximum Gasteiger partial charge on any atom is 0.318 e. The van der Waals surface area contributed by atoms with E-state index in [2.05, 4.69) is 22.0 Å². The summed E-state index contributed by atoms with van der Waals surface area (Å²) in [6.45, 7) is 2.04. The molecule has 2 aromatic carbocycles. The predicted octanol–water partition coefficient (Wildman–Crippen LogP) is 3.32. The molecule has 23 heavy (non-hydrogen) atoms. The number of benzene rings is 2. The van der Waals surface area contributed by atoms with Gasteiger partial charge in [-0.15, -0.1) is 0 Å². The van der Waals surface area contributed by atoms with Crippen LogP contribution in [0.2, 0.25) is 0 Å². The van der Waals surface area contributed by atoms with Gasteiger partial charge in [-0.3, -0.25) is 4.79 Å². The Morgan fingerprint density at radius 2 is 1.61 bits per heavy atom. The van der Waals surface area contributed by atoms with Crippen LogP contribution in [0.1, 0.15) is 17.5 Å². The molecular weight excluding hydrogens is 290 g/mol. The molecule has 0 aromatic heterocycles. The van der Waals surface area contributed by atoms with Gasteiger partial charge in [-0.1, -0.05) is 29.8 Å². The lowest BCUT2D eigenvalue weighted by molar-refractivity contribution is -0.116. The van der Waals surface area contributed by atoms with Gasteiger partial charge >= 0.3 is 6.03 Å². The van der Waals surface area contributed by atoms with Crippen molar-refractivity contribution in [2.45, 2.75) is 19.8 Å². The predicted molar refractivity (Wildman–Crippen MR) is 92.7 cm³/mol. The van der Waals surface area contributed by atoms with Crippen molar-refractivity contribution in [3.8, 4) is 0 Å². The number of hydrogen-bond acceptors (Lipinski definition) is 2. The van der Waals surface area contributed by atoms with Crippen LogP contribution in [-0.2, 0) is 11.2 Å². The molecule has 0 aliphatic carbocycles. The summed E-state index contributed by atoms with van der Waals surface area (Å²) in [4.78, 5) is 23.2. The van der Waals surface area contributed by atoms with E-state index < -0.39 is 0 Å². The molecule has 0 aliphatic rings. The molecule has 0 saturated heterocycles. The van der Waals surface area contributed by atoms with Crippen LogP contribution >= 0.6 is 0 Å². The fraction of sp³-hybridized carbons (Fsp3) is 0.222. The molecule has 3 N–H and O–H groups in total. The van der Waals surface area contributed by atoms with Crippen molar-refractivity contribution < 1.29 is 9.59 Å². The molecule has 0 fully saturated rings. The minimum absolute atomic E-state index is 0.0292. The SMILES string of the molecule is CNC(=O)Nc1ccc(NC(=O)CCc2cccc(C)c2)cc1. The Morgan fingerprint density at radius 3 is 2.22 bits per heavy atom. The molecule has 0 unspecified atom stereocenters. The Balaban J connectivity index is 1.84. The first-order valence-corrected chi connectivity index (χ1v) is 7.51. The van der Waals surface area contributed by atoms with Gasteiger partial charge in [0, 0.05) is 24.8 Å². The monoisotopic (exact) mass is 311 g/mol. The van der Waals surface area contributed by atoms with Crippen molar-refractivity contribution in [3.05, 3.63) is 59.7 Å². The second-order valence-corrected chi connectivity index (χ2v) is 5.32. The molecule has 0 saturated carbocycles. The first-order valence-electron chi connectivity index (χ1n) is 7.51. The van der Waals surface area contributed by atoms with Crippen molar-refractivity contribution in [2.75, 3.05) is 17.7 Å². The largest absolute Gasteiger partial charge is 0.341 e. The zero-order chi connectivity index (χ0) is 16.7. The quantitative estimate of drug-likeness (QED) is 0.793. The van der Waals surface area contributed by atoms with E-state index in [4.69, 9.17) is 0 Å². The van der Waals surface area contributed by atoms with E-state index in [1.807, 2.05) is 25.1 Å². The molecule has 5 nitrogen and oxygen atoms in total. The fourth-order valence-electron chi connectivity index (χ4n) is 2.18. The van der Waals surface area contributed by atoms with Gasteiger partial charge < -0.3 is 16.0 Å². The van der Waals surface area contributed by atoms with Crippen molar-refractivity contribution in [3.63, 3.8) is 0 Å². The molecule has 0 bridgehead atoms. The average Bonchev–Trinajstić information content (AvgIpc) is 2.55. The van der Waals surface area contributed by atoms with E-state index in [0.717, 1.165) is 5.56 Å². The second kappa shape index (κ2) is 7.98. The number of carbonyl (C=O) groups is 2. The Bertz CT molecular complexity index is 681. The molecule has 2 rings (SSSR count). The fourth-order valence-corrected chi connectivity index (χ4v) is 2.18. The zero-order valence-corrected chi connectivity index (χ0v) is 13.3. The summed E-state index contributed by atoms with van der Waals surface area (Å²) in [6.07, 6.45) is 1.14. The lowest BCUT2D eigenvalue weighted by Crippen LogP contribution is -2.24. The van der Waals surface area contributed by atoms with E-state index in [1.54, 1.807) is 31.3 Å². The maximum atomic E-state index is 12.0.